The topological polar surface area (TPSA) is 43.0 Å². The molecule has 0 aliphatic heterocycles. The fourth-order valence-electron chi connectivity index (χ4n) is 9.42. The lowest BCUT2D eigenvalue weighted by Gasteiger charge is -2.13. The van der Waals surface area contributed by atoms with E-state index >= 15 is 0 Å². The van der Waals surface area contributed by atoms with Crippen LogP contribution in [-0.2, 0) is 0 Å². The van der Waals surface area contributed by atoms with Gasteiger partial charge in [-0.25, -0.2) is 19.8 Å². The molecule has 0 spiro atoms. The Hall–Kier alpha value is -8.78. The molecule has 10 aromatic carbocycles. The Morgan fingerprint density at radius 3 is 1.50 bits per heavy atom. The van der Waals surface area contributed by atoms with E-state index in [1.807, 2.05) is 48.5 Å². The fourth-order valence-corrected chi connectivity index (χ4v) is 9.42. The monoisotopic (exact) mass is 812 g/mol. The van der Waals surface area contributed by atoms with Gasteiger partial charge in [-0.1, -0.05) is 206 Å². The fraction of sp³-hybridized carbons (Fsp3) is 0. The average Bonchev–Trinajstić information content (AvgIpc) is 3.71. The van der Waals surface area contributed by atoms with Crippen molar-refractivity contribution in [2.24, 2.45) is 0 Å². The molecule has 1 aliphatic rings. The van der Waals surface area contributed by atoms with Crippen LogP contribution in [-0.4, -0.2) is 15.0 Å². The Balaban J connectivity index is 0.899. The first-order chi connectivity index (χ1) is 31.7. The van der Waals surface area contributed by atoms with Crippen molar-refractivity contribution in [1.29, 1.82) is 0 Å². The normalized spacial score (nSPS) is 11.4. The molecule has 0 bridgehead atoms. The van der Waals surface area contributed by atoms with E-state index in [2.05, 4.69) is 175 Å². The molecule has 11 aromatic rings. The number of aromatic nitrogens is 3. The van der Waals surface area contributed by atoms with E-state index in [0.29, 0.717) is 23.2 Å². The molecule has 0 atom stereocenters. The largest absolute Gasteiger partial charge is 0.238 e. The molecule has 0 amide bonds. The third kappa shape index (κ3) is 6.35. The van der Waals surface area contributed by atoms with E-state index in [4.69, 9.17) is 21.5 Å². The summed E-state index contributed by atoms with van der Waals surface area (Å²) in [6.45, 7) is 8.12. The summed E-state index contributed by atoms with van der Waals surface area (Å²) in [7, 11) is 0. The van der Waals surface area contributed by atoms with Crippen molar-refractivity contribution in [2.45, 2.75) is 0 Å². The average molecular weight is 813 g/mol. The minimum absolute atomic E-state index is 0.578. The number of benzene rings is 10. The number of fused-ring (bicyclic) bond motifs is 4. The van der Waals surface area contributed by atoms with Crippen LogP contribution in [0.5, 0.6) is 0 Å². The van der Waals surface area contributed by atoms with Crippen molar-refractivity contribution in [2.75, 3.05) is 0 Å². The third-order valence-electron chi connectivity index (χ3n) is 12.5. The molecular formula is C60H36N4. The van der Waals surface area contributed by atoms with Crippen LogP contribution in [0.1, 0.15) is 0 Å². The highest BCUT2D eigenvalue weighted by atomic mass is 15.0. The number of hydrogen-bond acceptors (Lipinski definition) is 3. The van der Waals surface area contributed by atoms with Gasteiger partial charge in [-0.2, -0.15) is 0 Å². The van der Waals surface area contributed by atoms with Gasteiger partial charge in [-0.15, -0.1) is 0 Å². The van der Waals surface area contributed by atoms with Crippen LogP contribution in [0.15, 0.2) is 218 Å². The second kappa shape index (κ2) is 15.3. The highest BCUT2D eigenvalue weighted by Gasteiger charge is 2.22. The van der Waals surface area contributed by atoms with Crippen molar-refractivity contribution >= 4 is 27.2 Å². The number of hydrogen-bond donors (Lipinski definition) is 0. The summed E-state index contributed by atoms with van der Waals surface area (Å²) in [6, 6.07) is 76.4. The van der Waals surface area contributed by atoms with Gasteiger partial charge < -0.3 is 0 Å². The Bertz CT molecular complexity index is 3640. The van der Waals surface area contributed by atoms with Crippen LogP contribution in [0, 0.1) is 6.57 Å². The van der Waals surface area contributed by atoms with Crippen LogP contribution in [0.3, 0.4) is 0 Å². The van der Waals surface area contributed by atoms with E-state index in [-0.39, 0.29) is 0 Å². The summed E-state index contributed by atoms with van der Waals surface area (Å²) >= 11 is 0. The van der Waals surface area contributed by atoms with E-state index in [0.717, 1.165) is 55.6 Å². The molecule has 0 saturated heterocycles. The maximum atomic E-state index is 8.12. The zero-order valence-corrected chi connectivity index (χ0v) is 34.6. The molecule has 0 fully saturated rings. The maximum absolute atomic E-state index is 8.12. The van der Waals surface area contributed by atoms with E-state index in [9.17, 15) is 0 Å². The summed E-state index contributed by atoms with van der Waals surface area (Å²) in [4.78, 5) is 19.1. The van der Waals surface area contributed by atoms with E-state index in [1.54, 1.807) is 0 Å². The van der Waals surface area contributed by atoms with Crippen LogP contribution in [0.25, 0.3) is 127 Å². The summed E-state index contributed by atoms with van der Waals surface area (Å²) in [6.07, 6.45) is 0. The van der Waals surface area contributed by atoms with Crippen molar-refractivity contribution in [1.82, 2.24) is 15.0 Å². The van der Waals surface area contributed by atoms with Gasteiger partial charge in [-0.3, -0.25) is 0 Å². The minimum Gasteiger partial charge on any atom is -0.238 e. The Morgan fingerprint density at radius 1 is 0.281 bits per heavy atom. The predicted molar refractivity (Wildman–Crippen MR) is 264 cm³/mol. The Labute approximate surface area is 371 Å². The van der Waals surface area contributed by atoms with Crippen molar-refractivity contribution < 1.29 is 0 Å². The van der Waals surface area contributed by atoms with Gasteiger partial charge in [0.05, 0.1) is 6.57 Å². The van der Waals surface area contributed by atoms with Gasteiger partial charge in [0.2, 0.25) is 0 Å². The zero-order chi connectivity index (χ0) is 42.6. The van der Waals surface area contributed by atoms with Gasteiger partial charge in [-0.05, 0) is 100 Å². The molecule has 64 heavy (non-hydrogen) atoms. The van der Waals surface area contributed by atoms with Crippen LogP contribution in [0.4, 0.5) is 5.69 Å². The summed E-state index contributed by atoms with van der Waals surface area (Å²) in [5.41, 5.74) is 17.0. The summed E-state index contributed by atoms with van der Waals surface area (Å²) in [5.74, 6) is 1.78. The molecule has 1 heterocycles. The molecule has 4 nitrogen and oxygen atoms in total. The SMILES string of the molecule is [C-]#[N+]c1ccc(-c2cccc(-c3ccc4c5c(cccc35)-c3ccccc3-4)c2)cc1-c1ccc(-c2nc(-c3ccccc3)nc(-c3cccc(-c4cccc5ccccc45)c3)n2)cc1. The Morgan fingerprint density at radius 2 is 0.734 bits per heavy atom. The number of nitrogens with zero attached hydrogens (tertiary/aromatic N) is 4. The summed E-state index contributed by atoms with van der Waals surface area (Å²) in [5, 5.41) is 4.96. The van der Waals surface area contributed by atoms with Crippen molar-refractivity contribution in [3.63, 3.8) is 0 Å². The van der Waals surface area contributed by atoms with Gasteiger partial charge in [0, 0.05) is 16.7 Å². The Kier molecular flexibility index (Phi) is 8.84. The maximum Gasteiger partial charge on any atom is 0.194 e. The van der Waals surface area contributed by atoms with Crippen molar-refractivity contribution in [3.05, 3.63) is 230 Å². The van der Waals surface area contributed by atoms with Crippen LogP contribution < -0.4 is 0 Å². The molecule has 0 radical (unpaired) electrons. The molecule has 1 aromatic heterocycles. The molecule has 296 valence electrons. The van der Waals surface area contributed by atoms with E-state index in [1.165, 1.54) is 49.4 Å². The first-order valence-electron chi connectivity index (χ1n) is 21.5. The first-order valence-corrected chi connectivity index (χ1v) is 21.5. The molecule has 0 N–H and O–H groups in total. The number of rotatable bonds is 7. The highest BCUT2D eigenvalue weighted by molar-refractivity contribution is 6.18. The van der Waals surface area contributed by atoms with Gasteiger partial charge >= 0.3 is 0 Å². The molecule has 12 rings (SSSR count). The molecule has 1 aliphatic carbocycles. The van der Waals surface area contributed by atoms with Gasteiger partial charge in [0.25, 0.3) is 0 Å². The van der Waals surface area contributed by atoms with E-state index < -0.39 is 0 Å². The standard InChI is InChI=1S/C60H36N4/c1-61-56-34-31-43(42-17-9-18-44(35-42)49-32-33-54-51-23-8-7-22-50(51)53-26-12-25-52(49)57(53)54)37-55(56)39-27-29-41(30-28-39)59-62-58(40-14-3-2-4-15-40)63-60(64-59)46-20-10-19-45(36-46)48-24-11-16-38-13-5-6-21-47(38)48/h2-37H. The van der Waals surface area contributed by atoms with Crippen LogP contribution >= 0.6 is 0 Å². The predicted octanol–water partition coefficient (Wildman–Crippen LogP) is 16.0. The molecule has 4 heteroatoms. The molecule has 0 saturated carbocycles. The highest BCUT2D eigenvalue weighted by Crippen LogP contribution is 2.49. The smallest absolute Gasteiger partial charge is 0.194 e. The van der Waals surface area contributed by atoms with Crippen molar-refractivity contribution in [3.8, 4) is 101 Å². The third-order valence-corrected chi connectivity index (χ3v) is 12.5. The zero-order valence-electron chi connectivity index (χ0n) is 34.6. The quantitative estimate of drug-likeness (QED) is 0.151. The molecule has 0 unspecified atom stereocenters. The second-order valence-corrected chi connectivity index (χ2v) is 16.2. The lowest BCUT2D eigenvalue weighted by Crippen LogP contribution is -2.00. The van der Waals surface area contributed by atoms with Gasteiger partial charge in [0.1, 0.15) is 0 Å². The minimum atomic E-state index is 0.578. The molecular weight excluding hydrogens is 777 g/mol. The summed E-state index contributed by atoms with van der Waals surface area (Å²) < 4.78 is 0. The first kappa shape index (κ1) is 37.0. The lowest BCUT2D eigenvalue weighted by molar-refractivity contribution is 1.07. The lowest BCUT2D eigenvalue weighted by atomic mass is 9.92. The van der Waals surface area contributed by atoms with Crippen LogP contribution in [0.2, 0.25) is 0 Å². The van der Waals surface area contributed by atoms with Gasteiger partial charge in [0.15, 0.2) is 23.2 Å². The second-order valence-electron chi connectivity index (χ2n) is 16.2.